The van der Waals surface area contributed by atoms with E-state index in [1.165, 1.54) is 0 Å². The van der Waals surface area contributed by atoms with Gasteiger partial charge in [-0.25, -0.2) is 44.7 Å². The lowest BCUT2D eigenvalue weighted by atomic mass is 10.1. The van der Waals surface area contributed by atoms with Crippen molar-refractivity contribution in [2.75, 3.05) is 0 Å². The largest absolute Gasteiger partial charge is 0.420 e. The van der Waals surface area contributed by atoms with Crippen molar-refractivity contribution in [2.24, 2.45) is 0 Å². The van der Waals surface area contributed by atoms with Crippen molar-refractivity contribution in [1.29, 1.82) is 0 Å². The van der Waals surface area contributed by atoms with Gasteiger partial charge in [0.1, 0.15) is 0 Å². The standard InChI is InChI=1S/C24H6F10O4/c25-10-3-1-8(15(27)17(10)29)23(35)37-12-5-7-6-13(20(32)22(34)14(7)21(33)19(12)31)38-24(36)9-2-4-11(26)18(30)16(9)28/h1-6H. The lowest BCUT2D eigenvalue weighted by Crippen LogP contribution is -2.15. The summed E-state index contributed by atoms with van der Waals surface area (Å²) >= 11 is 0. The Bertz CT molecular complexity index is 1550. The molecule has 0 aliphatic heterocycles. The Morgan fingerprint density at radius 3 is 1.21 bits per heavy atom. The number of rotatable bonds is 4. The maximum absolute atomic E-state index is 14.6. The summed E-state index contributed by atoms with van der Waals surface area (Å²) in [5.41, 5.74) is -2.48. The van der Waals surface area contributed by atoms with Crippen LogP contribution in [0.1, 0.15) is 20.7 Å². The molecule has 196 valence electrons. The number of hydrogen-bond donors (Lipinski definition) is 0. The Kier molecular flexibility index (Phi) is 6.74. The van der Waals surface area contributed by atoms with Gasteiger partial charge in [-0.1, -0.05) is 0 Å². The average Bonchev–Trinajstić information content (AvgIpc) is 2.87. The first kappa shape index (κ1) is 26.4. The van der Waals surface area contributed by atoms with Gasteiger partial charge in [-0.15, -0.1) is 0 Å². The normalized spacial score (nSPS) is 11.1. The molecule has 0 radical (unpaired) electrons. The van der Waals surface area contributed by atoms with Crippen molar-refractivity contribution in [1.82, 2.24) is 0 Å². The summed E-state index contributed by atoms with van der Waals surface area (Å²) in [5, 5.41) is -2.21. The molecule has 0 aliphatic rings. The first-order chi connectivity index (χ1) is 17.8. The van der Waals surface area contributed by atoms with Gasteiger partial charge in [-0.2, -0.15) is 8.78 Å². The zero-order valence-electron chi connectivity index (χ0n) is 17.9. The van der Waals surface area contributed by atoms with Crippen LogP contribution in [-0.2, 0) is 0 Å². The maximum atomic E-state index is 14.6. The van der Waals surface area contributed by atoms with E-state index in [1.54, 1.807) is 0 Å². The number of benzene rings is 4. The predicted octanol–water partition coefficient (Wildman–Crippen LogP) is 6.67. The maximum Gasteiger partial charge on any atom is 0.346 e. The predicted molar refractivity (Wildman–Crippen MR) is 106 cm³/mol. The van der Waals surface area contributed by atoms with E-state index in [4.69, 9.17) is 0 Å². The van der Waals surface area contributed by atoms with Gasteiger partial charge in [-0.05, 0) is 41.8 Å². The van der Waals surface area contributed by atoms with E-state index in [9.17, 15) is 53.5 Å². The molecule has 0 bridgehead atoms. The van der Waals surface area contributed by atoms with Crippen LogP contribution in [0.15, 0.2) is 36.4 Å². The summed E-state index contributed by atoms with van der Waals surface area (Å²) in [7, 11) is 0. The van der Waals surface area contributed by atoms with E-state index in [-0.39, 0.29) is 0 Å². The second-order valence-electron chi connectivity index (χ2n) is 7.33. The van der Waals surface area contributed by atoms with E-state index in [1.807, 2.05) is 0 Å². The van der Waals surface area contributed by atoms with Crippen LogP contribution in [0.25, 0.3) is 10.8 Å². The van der Waals surface area contributed by atoms with Crippen molar-refractivity contribution < 1.29 is 63.0 Å². The van der Waals surface area contributed by atoms with Crippen molar-refractivity contribution in [3.05, 3.63) is 106 Å². The van der Waals surface area contributed by atoms with Crippen LogP contribution in [0.5, 0.6) is 11.5 Å². The smallest absolute Gasteiger partial charge is 0.346 e. The number of halogens is 10. The van der Waals surface area contributed by atoms with Crippen LogP contribution >= 0.6 is 0 Å². The number of ether oxygens (including phenoxy) is 2. The first-order valence-corrected chi connectivity index (χ1v) is 9.84. The van der Waals surface area contributed by atoms with Crippen LogP contribution in [0, 0.1) is 58.2 Å². The molecule has 0 heterocycles. The van der Waals surface area contributed by atoms with Crippen molar-refractivity contribution in [2.45, 2.75) is 0 Å². The third kappa shape index (κ3) is 4.37. The Hall–Kier alpha value is -4.62. The molecule has 0 fully saturated rings. The van der Waals surface area contributed by atoms with Gasteiger partial charge in [0.15, 0.2) is 58.0 Å². The van der Waals surface area contributed by atoms with Gasteiger partial charge in [0.05, 0.1) is 16.5 Å². The Morgan fingerprint density at radius 1 is 0.474 bits per heavy atom. The molecule has 4 nitrogen and oxygen atoms in total. The summed E-state index contributed by atoms with van der Waals surface area (Å²) in [6.07, 6.45) is 0. The van der Waals surface area contributed by atoms with Gasteiger partial charge in [-0.3, -0.25) is 0 Å². The topological polar surface area (TPSA) is 52.6 Å². The fourth-order valence-electron chi connectivity index (χ4n) is 3.21. The van der Waals surface area contributed by atoms with Gasteiger partial charge >= 0.3 is 11.9 Å². The van der Waals surface area contributed by atoms with Crippen molar-refractivity contribution >= 4 is 22.7 Å². The number of carbonyl (C=O) groups is 2. The Labute approximate surface area is 203 Å². The van der Waals surface area contributed by atoms with Gasteiger partial charge in [0, 0.05) is 0 Å². The minimum absolute atomic E-state index is 0.334. The SMILES string of the molecule is O=C(Oc1cc2cc(OC(=O)c3ccc(F)c(F)c3F)c(F)c(F)c2c(F)c1F)c1ccc(F)c(F)c1F. The molecule has 0 N–H and O–H groups in total. The highest BCUT2D eigenvalue weighted by atomic mass is 19.2. The molecule has 14 heteroatoms. The Morgan fingerprint density at radius 2 is 0.842 bits per heavy atom. The van der Waals surface area contributed by atoms with E-state index < -0.39 is 104 Å². The van der Waals surface area contributed by atoms with Crippen molar-refractivity contribution in [3.63, 3.8) is 0 Å². The minimum atomic E-state index is -2.13. The monoisotopic (exact) mass is 548 g/mol. The summed E-state index contributed by atoms with van der Waals surface area (Å²) in [4.78, 5) is 24.3. The summed E-state index contributed by atoms with van der Waals surface area (Å²) < 4.78 is 148. The molecule has 0 aliphatic carbocycles. The molecule has 4 aromatic rings. The lowest BCUT2D eigenvalue weighted by Gasteiger charge is -2.12. The molecular formula is C24H6F10O4. The molecular weight excluding hydrogens is 542 g/mol. The highest BCUT2D eigenvalue weighted by Crippen LogP contribution is 2.36. The number of esters is 2. The molecule has 0 atom stereocenters. The molecule has 0 unspecified atom stereocenters. The number of fused-ring (bicyclic) bond motifs is 1. The fraction of sp³-hybridized carbons (Fsp3) is 0. The van der Waals surface area contributed by atoms with Crippen LogP contribution in [-0.4, -0.2) is 11.9 Å². The zero-order chi connectivity index (χ0) is 28.0. The molecule has 4 aromatic carbocycles. The van der Waals surface area contributed by atoms with Gasteiger partial charge in [0.2, 0.25) is 11.6 Å². The van der Waals surface area contributed by atoms with Gasteiger partial charge in [0.25, 0.3) is 0 Å². The van der Waals surface area contributed by atoms with E-state index >= 15 is 0 Å². The molecule has 0 amide bonds. The quantitative estimate of drug-likeness (QED) is 0.124. The van der Waals surface area contributed by atoms with E-state index in [2.05, 4.69) is 9.47 Å². The van der Waals surface area contributed by atoms with Crippen LogP contribution < -0.4 is 9.47 Å². The third-order valence-electron chi connectivity index (χ3n) is 5.03. The molecule has 4 rings (SSSR count). The lowest BCUT2D eigenvalue weighted by molar-refractivity contribution is 0.0712. The molecule has 0 saturated heterocycles. The average molecular weight is 548 g/mol. The van der Waals surface area contributed by atoms with E-state index in [0.29, 0.717) is 36.4 Å². The van der Waals surface area contributed by atoms with Crippen LogP contribution in [0.2, 0.25) is 0 Å². The fourth-order valence-corrected chi connectivity index (χ4v) is 3.21. The minimum Gasteiger partial charge on any atom is -0.420 e. The Balaban J connectivity index is 1.76. The summed E-state index contributed by atoms with van der Waals surface area (Å²) in [6, 6.07) is 2.27. The second-order valence-corrected chi connectivity index (χ2v) is 7.33. The molecule has 0 saturated carbocycles. The van der Waals surface area contributed by atoms with E-state index in [0.717, 1.165) is 0 Å². The van der Waals surface area contributed by atoms with Crippen LogP contribution in [0.3, 0.4) is 0 Å². The molecule has 38 heavy (non-hydrogen) atoms. The first-order valence-electron chi connectivity index (χ1n) is 9.84. The molecule has 0 aromatic heterocycles. The third-order valence-corrected chi connectivity index (χ3v) is 5.03. The molecule has 0 spiro atoms. The summed E-state index contributed by atoms with van der Waals surface area (Å²) in [5.74, 6) is -26.4. The highest BCUT2D eigenvalue weighted by Gasteiger charge is 2.28. The second kappa shape index (κ2) is 9.68. The van der Waals surface area contributed by atoms with Crippen LogP contribution in [0.4, 0.5) is 43.9 Å². The summed E-state index contributed by atoms with van der Waals surface area (Å²) in [6.45, 7) is 0. The van der Waals surface area contributed by atoms with Gasteiger partial charge < -0.3 is 9.47 Å². The zero-order valence-corrected chi connectivity index (χ0v) is 17.9. The van der Waals surface area contributed by atoms with Crippen molar-refractivity contribution in [3.8, 4) is 11.5 Å². The number of hydrogen-bond acceptors (Lipinski definition) is 4. The highest BCUT2D eigenvalue weighted by molar-refractivity contribution is 5.94. The number of carbonyl (C=O) groups excluding carboxylic acids is 2.